The molecule has 0 saturated heterocycles. The third-order valence-electron chi connectivity index (χ3n) is 5.82. The van der Waals surface area contributed by atoms with Crippen molar-refractivity contribution in [3.8, 4) is 0 Å². The normalized spacial score (nSPS) is 12.4. The molecule has 0 N–H and O–H groups in total. The van der Waals surface area contributed by atoms with Crippen molar-refractivity contribution in [1.29, 1.82) is 0 Å². The number of unbranched alkanes of at least 4 members (excludes halogenated alkanes) is 10. The maximum absolute atomic E-state index is 12.4. The van der Waals surface area contributed by atoms with Gasteiger partial charge in [0, 0.05) is 0 Å². The molecule has 0 amide bonds. The van der Waals surface area contributed by atoms with E-state index in [0.717, 1.165) is 12.8 Å². The van der Waals surface area contributed by atoms with Crippen molar-refractivity contribution in [2.24, 2.45) is 5.41 Å². The fraction of sp³-hybridized carbons (Fsp3) is 0.704. The highest BCUT2D eigenvalue weighted by atomic mass is 16.5. The Morgan fingerprint density at radius 2 is 1.29 bits per heavy atom. The predicted molar refractivity (Wildman–Crippen MR) is 128 cm³/mol. The number of benzene rings is 1. The summed E-state index contributed by atoms with van der Waals surface area (Å²) in [6.45, 7) is 10.6. The molecule has 31 heavy (non-hydrogen) atoms. The van der Waals surface area contributed by atoms with Crippen molar-refractivity contribution < 1.29 is 19.1 Å². The Morgan fingerprint density at radius 3 is 1.81 bits per heavy atom. The van der Waals surface area contributed by atoms with Crippen molar-refractivity contribution in [3.05, 3.63) is 35.4 Å². The molecule has 0 bridgehead atoms. The molecule has 176 valence electrons. The molecule has 1 atom stereocenters. The minimum atomic E-state index is -0.414. The number of rotatable bonds is 15. The zero-order valence-electron chi connectivity index (χ0n) is 20.5. The lowest BCUT2D eigenvalue weighted by molar-refractivity contribution is 0.00479. The van der Waals surface area contributed by atoms with Gasteiger partial charge in [-0.05, 0) is 37.0 Å². The first-order valence-corrected chi connectivity index (χ1v) is 12.2. The zero-order valence-corrected chi connectivity index (χ0v) is 20.5. The molecule has 1 aromatic rings. The average Bonchev–Trinajstić information content (AvgIpc) is 2.73. The van der Waals surface area contributed by atoms with Crippen LogP contribution in [0, 0.1) is 5.41 Å². The maximum Gasteiger partial charge on any atom is 0.338 e. The van der Waals surface area contributed by atoms with Crippen molar-refractivity contribution >= 4 is 11.9 Å². The van der Waals surface area contributed by atoms with E-state index in [9.17, 15) is 9.59 Å². The fourth-order valence-corrected chi connectivity index (χ4v) is 3.19. The predicted octanol–water partition coefficient (Wildman–Crippen LogP) is 7.75. The lowest BCUT2D eigenvalue weighted by Gasteiger charge is -2.26. The van der Waals surface area contributed by atoms with Gasteiger partial charge in [-0.3, -0.25) is 0 Å². The maximum atomic E-state index is 12.4. The highest BCUT2D eigenvalue weighted by Crippen LogP contribution is 2.23. The van der Waals surface area contributed by atoms with E-state index in [1.165, 1.54) is 57.8 Å². The van der Waals surface area contributed by atoms with Gasteiger partial charge in [0.1, 0.15) is 6.10 Å². The van der Waals surface area contributed by atoms with Gasteiger partial charge in [0.2, 0.25) is 0 Å². The van der Waals surface area contributed by atoms with Gasteiger partial charge in [-0.25, -0.2) is 9.59 Å². The molecule has 1 rings (SSSR count). The Balaban J connectivity index is 2.24. The Hall–Kier alpha value is -1.84. The number of ether oxygens (including phenoxy) is 2. The second-order valence-corrected chi connectivity index (χ2v) is 9.67. The number of carbonyl (C=O) groups is 2. The summed E-state index contributed by atoms with van der Waals surface area (Å²) in [7, 11) is 0. The second-order valence-electron chi connectivity index (χ2n) is 9.67. The van der Waals surface area contributed by atoms with Gasteiger partial charge in [0.05, 0.1) is 17.7 Å². The summed E-state index contributed by atoms with van der Waals surface area (Å²) in [5.41, 5.74) is 0.627. The van der Waals surface area contributed by atoms with E-state index >= 15 is 0 Å². The van der Waals surface area contributed by atoms with Gasteiger partial charge < -0.3 is 9.47 Å². The quantitative estimate of drug-likeness (QED) is 0.210. The Morgan fingerprint density at radius 1 is 0.806 bits per heavy atom. The van der Waals surface area contributed by atoms with E-state index in [4.69, 9.17) is 9.47 Å². The first-order valence-electron chi connectivity index (χ1n) is 12.2. The molecule has 0 spiro atoms. The minimum Gasteiger partial charge on any atom is -0.462 e. The monoisotopic (exact) mass is 432 g/mol. The Labute approximate surface area is 190 Å². The van der Waals surface area contributed by atoms with Crippen LogP contribution in [0.15, 0.2) is 24.3 Å². The van der Waals surface area contributed by atoms with Crippen LogP contribution >= 0.6 is 0 Å². The summed E-state index contributed by atoms with van der Waals surface area (Å²) in [5.74, 6) is -0.798. The SMILES string of the molecule is CCCCCCCCCCCCCOC(=O)c1cccc(C(=O)OC(C)C(C)(C)C)c1. The number of carbonyl (C=O) groups excluding carboxylic acids is 2. The highest BCUT2D eigenvalue weighted by molar-refractivity contribution is 5.95. The molecular weight excluding hydrogens is 388 g/mol. The van der Waals surface area contributed by atoms with Gasteiger partial charge in [0.15, 0.2) is 0 Å². The van der Waals surface area contributed by atoms with E-state index in [2.05, 4.69) is 6.92 Å². The lowest BCUT2D eigenvalue weighted by Crippen LogP contribution is -2.28. The third-order valence-corrected chi connectivity index (χ3v) is 5.82. The van der Waals surface area contributed by atoms with E-state index < -0.39 is 5.97 Å². The lowest BCUT2D eigenvalue weighted by atomic mass is 9.90. The van der Waals surface area contributed by atoms with Crippen LogP contribution in [-0.4, -0.2) is 24.6 Å². The molecule has 0 aliphatic heterocycles. The van der Waals surface area contributed by atoms with E-state index in [1.54, 1.807) is 24.3 Å². The van der Waals surface area contributed by atoms with Crippen LogP contribution in [-0.2, 0) is 9.47 Å². The molecule has 0 heterocycles. The molecule has 0 aliphatic rings. The number of hydrogen-bond donors (Lipinski definition) is 0. The van der Waals surface area contributed by atoms with Crippen molar-refractivity contribution in [2.75, 3.05) is 6.61 Å². The smallest absolute Gasteiger partial charge is 0.338 e. The van der Waals surface area contributed by atoms with Crippen LogP contribution < -0.4 is 0 Å². The van der Waals surface area contributed by atoms with Crippen LogP contribution in [0.2, 0.25) is 0 Å². The topological polar surface area (TPSA) is 52.6 Å². The molecule has 0 aromatic heterocycles. The molecule has 0 aliphatic carbocycles. The molecular formula is C27H44O4. The van der Waals surface area contributed by atoms with Gasteiger partial charge >= 0.3 is 11.9 Å². The minimum absolute atomic E-state index is 0.138. The summed E-state index contributed by atoms with van der Waals surface area (Å²) in [5, 5.41) is 0. The molecule has 1 aromatic carbocycles. The molecule has 4 nitrogen and oxygen atoms in total. The van der Waals surface area contributed by atoms with Crippen LogP contribution in [0.3, 0.4) is 0 Å². The van der Waals surface area contributed by atoms with Crippen molar-refractivity contribution in [2.45, 2.75) is 111 Å². The van der Waals surface area contributed by atoms with Crippen LogP contribution in [0.25, 0.3) is 0 Å². The van der Waals surface area contributed by atoms with E-state index in [1.807, 2.05) is 27.7 Å². The van der Waals surface area contributed by atoms with Crippen molar-refractivity contribution in [1.82, 2.24) is 0 Å². The van der Waals surface area contributed by atoms with Gasteiger partial charge in [0.25, 0.3) is 0 Å². The summed E-state index contributed by atoms with van der Waals surface area (Å²) < 4.78 is 10.9. The van der Waals surface area contributed by atoms with E-state index in [-0.39, 0.29) is 17.5 Å². The first kappa shape index (κ1) is 27.2. The molecule has 0 fully saturated rings. The first-order chi connectivity index (χ1) is 14.8. The number of esters is 2. The Bertz CT molecular complexity index is 645. The van der Waals surface area contributed by atoms with Crippen LogP contribution in [0.4, 0.5) is 0 Å². The summed E-state index contributed by atoms with van der Waals surface area (Å²) in [6.07, 6.45) is 13.6. The number of hydrogen-bond acceptors (Lipinski definition) is 4. The van der Waals surface area contributed by atoms with E-state index in [0.29, 0.717) is 17.7 Å². The highest BCUT2D eigenvalue weighted by Gasteiger charge is 2.24. The molecule has 0 saturated carbocycles. The standard InChI is InChI=1S/C27H44O4/c1-6-7-8-9-10-11-12-13-14-15-16-20-30-25(28)23-18-17-19-24(21-23)26(29)31-22(2)27(3,4)5/h17-19,21-22H,6-16,20H2,1-5H3. The molecule has 4 heteroatoms. The van der Waals surface area contributed by atoms with Gasteiger partial charge in [-0.2, -0.15) is 0 Å². The van der Waals surface area contributed by atoms with Crippen LogP contribution in [0.5, 0.6) is 0 Å². The summed E-state index contributed by atoms with van der Waals surface area (Å²) in [6, 6.07) is 6.59. The second kappa shape index (κ2) is 15.0. The van der Waals surface area contributed by atoms with Gasteiger partial charge in [-0.1, -0.05) is 98.0 Å². The summed E-state index contributed by atoms with van der Waals surface area (Å²) >= 11 is 0. The van der Waals surface area contributed by atoms with Crippen LogP contribution in [0.1, 0.15) is 126 Å². The largest absolute Gasteiger partial charge is 0.462 e. The molecule has 1 unspecified atom stereocenters. The fourth-order valence-electron chi connectivity index (χ4n) is 3.19. The van der Waals surface area contributed by atoms with Gasteiger partial charge in [-0.15, -0.1) is 0 Å². The van der Waals surface area contributed by atoms with Crippen molar-refractivity contribution in [3.63, 3.8) is 0 Å². The summed E-state index contributed by atoms with van der Waals surface area (Å²) in [4.78, 5) is 24.7. The zero-order chi connectivity index (χ0) is 23.1. The Kier molecular flexibility index (Phi) is 13.2. The average molecular weight is 433 g/mol. The third kappa shape index (κ3) is 11.9. The molecule has 0 radical (unpaired) electrons.